The molecule has 2 aliphatic rings. The first-order chi connectivity index (χ1) is 13.5. The molecule has 0 heterocycles. The Labute approximate surface area is 167 Å². The minimum absolute atomic E-state index is 0.228. The molecule has 0 bridgehead atoms. The van der Waals surface area contributed by atoms with E-state index in [1.807, 2.05) is 6.92 Å². The van der Waals surface area contributed by atoms with E-state index >= 15 is 0 Å². The molecular weight excluding hydrogens is 358 g/mol. The summed E-state index contributed by atoms with van der Waals surface area (Å²) in [6.07, 6.45) is 12.9. The van der Waals surface area contributed by atoms with Crippen LogP contribution in [0.4, 0.5) is 8.78 Å². The molecule has 0 saturated heterocycles. The molecule has 1 N–H and O–H groups in total. The van der Waals surface area contributed by atoms with Gasteiger partial charge in [0.1, 0.15) is 0 Å². The second-order valence-electron chi connectivity index (χ2n) is 8.73. The lowest BCUT2D eigenvalue weighted by Gasteiger charge is -2.38. The van der Waals surface area contributed by atoms with Crippen molar-refractivity contribution in [3.8, 4) is 0 Å². The lowest BCUT2D eigenvalue weighted by Crippen LogP contribution is -2.27. The largest absolute Gasteiger partial charge is 0.478 e. The number of benzene rings is 1. The third kappa shape index (κ3) is 5.21. The molecule has 0 amide bonds. The van der Waals surface area contributed by atoms with E-state index in [0.717, 1.165) is 55.9 Å². The summed E-state index contributed by atoms with van der Waals surface area (Å²) in [5.74, 6) is 0.153. The van der Waals surface area contributed by atoms with Crippen molar-refractivity contribution in [1.29, 1.82) is 0 Å². The van der Waals surface area contributed by atoms with Crippen molar-refractivity contribution >= 4 is 5.97 Å². The molecule has 0 unspecified atom stereocenters. The number of carboxylic acids is 1. The highest BCUT2D eigenvalue weighted by Crippen LogP contribution is 2.43. The van der Waals surface area contributed by atoms with Crippen LogP contribution in [0.3, 0.4) is 0 Å². The van der Waals surface area contributed by atoms with E-state index in [2.05, 4.69) is 0 Å². The van der Waals surface area contributed by atoms with Crippen molar-refractivity contribution in [2.75, 3.05) is 0 Å². The third-order valence-electron chi connectivity index (χ3n) is 7.15. The van der Waals surface area contributed by atoms with Crippen LogP contribution in [0.25, 0.3) is 0 Å². The molecule has 0 atom stereocenters. The number of hydrogen-bond donors (Lipinski definition) is 1. The van der Waals surface area contributed by atoms with Gasteiger partial charge in [-0.15, -0.1) is 0 Å². The molecule has 2 fully saturated rings. The van der Waals surface area contributed by atoms with E-state index < -0.39 is 17.6 Å². The van der Waals surface area contributed by atoms with Crippen LogP contribution in [0.2, 0.25) is 0 Å². The van der Waals surface area contributed by atoms with Gasteiger partial charge in [0, 0.05) is 5.57 Å². The smallest absolute Gasteiger partial charge is 0.331 e. The third-order valence-corrected chi connectivity index (χ3v) is 7.15. The Morgan fingerprint density at radius 2 is 1.61 bits per heavy atom. The molecule has 4 heteroatoms. The predicted octanol–water partition coefficient (Wildman–Crippen LogP) is 6.54. The Kier molecular flexibility index (Phi) is 7.25. The van der Waals surface area contributed by atoms with E-state index in [-0.39, 0.29) is 5.92 Å². The molecular formula is C24H32F2O2. The molecule has 0 radical (unpaired) electrons. The summed E-state index contributed by atoms with van der Waals surface area (Å²) in [5, 5.41) is 9.32. The van der Waals surface area contributed by atoms with Gasteiger partial charge in [-0.2, -0.15) is 0 Å². The Bertz CT molecular complexity index is 697. The van der Waals surface area contributed by atoms with Crippen LogP contribution in [-0.2, 0) is 11.2 Å². The topological polar surface area (TPSA) is 37.3 Å². The minimum atomic E-state index is -0.774. The molecule has 1 aromatic rings. The average molecular weight is 391 g/mol. The summed E-state index contributed by atoms with van der Waals surface area (Å²) in [4.78, 5) is 11.3. The minimum Gasteiger partial charge on any atom is -0.478 e. The number of aryl methyl sites for hydroxylation is 1. The normalized spacial score (nSPS) is 28.9. The van der Waals surface area contributed by atoms with Crippen molar-refractivity contribution in [3.05, 3.63) is 47.0 Å². The Balaban J connectivity index is 1.41. The fourth-order valence-corrected chi connectivity index (χ4v) is 5.45. The summed E-state index contributed by atoms with van der Waals surface area (Å²) in [7, 11) is 0. The van der Waals surface area contributed by atoms with Gasteiger partial charge in [-0.3, -0.25) is 0 Å². The predicted molar refractivity (Wildman–Crippen MR) is 107 cm³/mol. The zero-order valence-corrected chi connectivity index (χ0v) is 16.8. The molecule has 2 saturated carbocycles. The molecule has 1 aromatic carbocycles. The second-order valence-corrected chi connectivity index (χ2v) is 8.73. The van der Waals surface area contributed by atoms with Gasteiger partial charge in [-0.1, -0.05) is 25.0 Å². The number of halogens is 2. The molecule has 154 valence electrons. The van der Waals surface area contributed by atoms with E-state index in [4.69, 9.17) is 0 Å². The van der Waals surface area contributed by atoms with Crippen molar-refractivity contribution < 1.29 is 18.7 Å². The van der Waals surface area contributed by atoms with Gasteiger partial charge in [-0.05, 0) is 99.7 Å². The van der Waals surface area contributed by atoms with Crippen molar-refractivity contribution in [3.63, 3.8) is 0 Å². The summed E-state index contributed by atoms with van der Waals surface area (Å²) in [5.41, 5.74) is 1.48. The summed E-state index contributed by atoms with van der Waals surface area (Å²) in [6, 6.07) is 4.25. The summed E-state index contributed by atoms with van der Waals surface area (Å²) >= 11 is 0. The lowest BCUT2D eigenvalue weighted by molar-refractivity contribution is -0.133. The molecule has 2 nitrogen and oxygen atoms in total. The second kappa shape index (κ2) is 9.67. The first-order valence-electron chi connectivity index (χ1n) is 10.8. The Morgan fingerprint density at radius 1 is 1.00 bits per heavy atom. The van der Waals surface area contributed by atoms with Gasteiger partial charge in [0.2, 0.25) is 0 Å². The summed E-state index contributed by atoms with van der Waals surface area (Å²) < 4.78 is 26.4. The van der Waals surface area contributed by atoms with Gasteiger partial charge in [0.05, 0.1) is 0 Å². The van der Waals surface area contributed by atoms with Crippen molar-refractivity contribution in [1.82, 2.24) is 0 Å². The van der Waals surface area contributed by atoms with Gasteiger partial charge >= 0.3 is 5.97 Å². The maximum Gasteiger partial charge on any atom is 0.331 e. The van der Waals surface area contributed by atoms with Gasteiger partial charge in [-0.25, -0.2) is 13.6 Å². The average Bonchev–Trinajstić information content (AvgIpc) is 2.70. The SMILES string of the molecule is CC=C(C(=O)O)C1CCC(C2CCC(CCc3ccc(F)c(F)c3)CC2)CC1. The molecule has 0 spiro atoms. The van der Waals surface area contributed by atoms with Crippen LogP contribution in [0, 0.1) is 35.3 Å². The standard InChI is InChI=1S/C24H32F2O2/c1-2-21(24(27)28)20-12-10-19(11-13-20)18-8-5-16(6-9-18)3-4-17-7-14-22(25)23(26)15-17/h2,7,14-16,18-20H,3-6,8-13H2,1H3,(H,27,28). The Morgan fingerprint density at radius 3 is 2.14 bits per heavy atom. The van der Waals surface area contributed by atoms with Crippen LogP contribution < -0.4 is 0 Å². The Hall–Kier alpha value is -1.71. The van der Waals surface area contributed by atoms with E-state index in [0.29, 0.717) is 11.5 Å². The maximum atomic E-state index is 13.3. The summed E-state index contributed by atoms with van der Waals surface area (Å²) in [6.45, 7) is 1.83. The van der Waals surface area contributed by atoms with Gasteiger partial charge in [0.15, 0.2) is 11.6 Å². The highest BCUT2D eigenvalue weighted by molar-refractivity contribution is 5.87. The van der Waals surface area contributed by atoms with Gasteiger partial charge in [0.25, 0.3) is 0 Å². The first-order valence-corrected chi connectivity index (χ1v) is 10.8. The monoisotopic (exact) mass is 390 g/mol. The van der Waals surface area contributed by atoms with Crippen LogP contribution in [-0.4, -0.2) is 11.1 Å². The highest BCUT2D eigenvalue weighted by atomic mass is 19.2. The van der Waals surface area contributed by atoms with Crippen molar-refractivity contribution in [2.45, 2.75) is 71.1 Å². The van der Waals surface area contributed by atoms with Crippen LogP contribution in [0.15, 0.2) is 29.8 Å². The van der Waals surface area contributed by atoms with Crippen LogP contribution in [0.5, 0.6) is 0 Å². The molecule has 28 heavy (non-hydrogen) atoms. The van der Waals surface area contributed by atoms with Gasteiger partial charge < -0.3 is 5.11 Å². The molecule has 0 aromatic heterocycles. The molecule has 2 aliphatic carbocycles. The number of hydrogen-bond acceptors (Lipinski definition) is 1. The number of carbonyl (C=O) groups is 1. The zero-order chi connectivity index (χ0) is 20.1. The molecule has 3 rings (SSSR count). The maximum absolute atomic E-state index is 13.3. The fourth-order valence-electron chi connectivity index (χ4n) is 5.45. The zero-order valence-electron chi connectivity index (χ0n) is 16.8. The highest BCUT2D eigenvalue weighted by Gasteiger charge is 2.32. The van der Waals surface area contributed by atoms with Crippen molar-refractivity contribution in [2.24, 2.45) is 23.7 Å². The quantitative estimate of drug-likeness (QED) is 0.560. The lowest BCUT2D eigenvalue weighted by atomic mass is 9.67. The number of rotatable bonds is 6. The van der Waals surface area contributed by atoms with Crippen LogP contribution >= 0.6 is 0 Å². The molecule has 0 aliphatic heterocycles. The fraction of sp³-hybridized carbons (Fsp3) is 0.625. The number of carboxylic acid groups (broad SMARTS) is 1. The van der Waals surface area contributed by atoms with E-state index in [9.17, 15) is 18.7 Å². The first kappa shape index (κ1) is 21.0. The van der Waals surface area contributed by atoms with Crippen LogP contribution in [0.1, 0.15) is 70.3 Å². The number of aliphatic carboxylic acids is 1. The number of allylic oxidation sites excluding steroid dienone is 1. The van der Waals surface area contributed by atoms with E-state index in [1.165, 1.54) is 37.8 Å². The van der Waals surface area contributed by atoms with E-state index in [1.54, 1.807) is 12.1 Å².